The van der Waals surface area contributed by atoms with Crippen molar-refractivity contribution in [2.75, 3.05) is 5.75 Å². The molecule has 0 saturated heterocycles. The summed E-state index contributed by atoms with van der Waals surface area (Å²) in [4.78, 5) is 24.9. The fourth-order valence-electron chi connectivity index (χ4n) is 3.04. The van der Waals surface area contributed by atoms with Crippen molar-refractivity contribution in [3.8, 4) is 11.6 Å². The lowest BCUT2D eigenvalue weighted by Gasteiger charge is -2.07. The van der Waals surface area contributed by atoms with Crippen molar-refractivity contribution in [3.05, 3.63) is 53.1 Å². The number of aromatic nitrogens is 3. The average Bonchev–Trinajstić information content (AvgIpc) is 3.43. The number of primary amides is 1. The van der Waals surface area contributed by atoms with Gasteiger partial charge in [-0.15, -0.1) is 21.5 Å². The van der Waals surface area contributed by atoms with E-state index in [-0.39, 0.29) is 18.0 Å². The van der Waals surface area contributed by atoms with E-state index in [0.717, 1.165) is 20.5 Å². The summed E-state index contributed by atoms with van der Waals surface area (Å²) in [6.07, 6.45) is 1.69. The van der Waals surface area contributed by atoms with Gasteiger partial charge in [0.15, 0.2) is 22.5 Å². The number of aryl methyl sites for hydroxylation is 1. The molecule has 0 radical (unpaired) electrons. The maximum Gasteiger partial charge on any atom is 0.219 e. The zero-order valence-corrected chi connectivity index (χ0v) is 17.3. The number of carbonyl (C=O) groups excluding carboxylic acids is 2. The molecule has 7 nitrogen and oxygen atoms in total. The van der Waals surface area contributed by atoms with Gasteiger partial charge < -0.3 is 10.2 Å². The Labute approximate surface area is 174 Å². The number of thiophene rings is 1. The van der Waals surface area contributed by atoms with E-state index in [1.165, 1.54) is 23.1 Å². The first kappa shape index (κ1) is 19.4. The number of ketones is 1. The van der Waals surface area contributed by atoms with Gasteiger partial charge in [-0.1, -0.05) is 30.0 Å². The topological polar surface area (TPSA) is 104 Å². The van der Waals surface area contributed by atoms with Gasteiger partial charge in [0.25, 0.3) is 0 Å². The first-order valence-corrected chi connectivity index (χ1v) is 10.7. The van der Waals surface area contributed by atoms with Gasteiger partial charge in [-0.2, -0.15) is 0 Å². The van der Waals surface area contributed by atoms with Crippen molar-refractivity contribution in [3.63, 3.8) is 0 Å². The minimum atomic E-state index is -0.419. The zero-order chi connectivity index (χ0) is 20.4. The van der Waals surface area contributed by atoms with Crippen LogP contribution in [0.5, 0.6) is 0 Å². The fraction of sp³-hybridized carbons (Fsp3) is 0.200. The summed E-state index contributed by atoms with van der Waals surface area (Å²) in [6.45, 7) is 2.29. The van der Waals surface area contributed by atoms with Crippen molar-refractivity contribution in [1.82, 2.24) is 14.8 Å². The van der Waals surface area contributed by atoms with Gasteiger partial charge in [0.05, 0.1) is 16.9 Å². The van der Waals surface area contributed by atoms with Crippen LogP contribution in [-0.4, -0.2) is 32.2 Å². The van der Waals surface area contributed by atoms with Crippen molar-refractivity contribution in [2.24, 2.45) is 5.73 Å². The molecule has 0 bridgehead atoms. The monoisotopic (exact) mass is 426 g/mol. The summed E-state index contributed by atoms with van der Waals surface area (Å²) >= 11 is 2.80. The van der Waals surface area contributed by atoms with Crippen LogP contribution in [0.3, 0.4) is 0 Å². The fourth-order valence-corrected chi connectivity index (χ4v) is 5.12. The normalized spacial score (nSPS) is 11.2. The van der Waals surface area contributed by atoms with E-state index in [1.807, 2.05) is 31.2 Å². The van der Waals surface area contributed by atoms with Crippen molar-refractivity contribution >= 4 is 44.9 Å². The highest BCUT2D eigenvalue weighted by atomic mass is 32.2. The van der Waals surface area contributed by atoms with Crippen LogP contribution < -0.4 is 5.73 Å². The van der Waals surface area contributed by atoms with E-state index in [9.17, 15) is 9.59 Å². The number of carbonyl (C=O) groups is 2. The summed E-state index contributed by atoms with van der Waals surface area (Å²) in [7, 11) is 0. The molecule has 0 unspecified atom stereocenters. The number of hydrogen-bond acceptors (Lipinski definition) is 7. The van der Waals surface area contributed by atoms with E-state index < -0.39 is 5.91 Å². The predicted molar refractivity (Wildman–Crippen MR) is 113 cm³/mol. The molecule has 0 atom stereocenters. The number of benzene rings is 1. The molecule has 0 aliphatic rings. The summed E-state index contributed by atoms with van der Waals surface area (Å²) < 4.78 is 8.27. The Hall–Kier alpha value is -2.91. The molecule has 0 aliphatic carbocycles. The maximum atomic E-state index is 12.9. The highest BCUT2D eigenvalue weighted by Gasteiger charge is 2.20. The standard InChI is InChI=1S/C20H18N4O3S2/c1-12-13-5-2-3-7-16(13)29-18(12)14(25)11-28-20-23-22-19(15-6-4-10-27-15)24(20)9-8-17(21)26/h2-7,10H,8-9,11H2,1H3,(H2,21,26). The van der Waals surface area contributed by atoms with E-state index in [1.54, 1.807) is 23.0 Å². The minimum absolute atomic E-state index is 0.0395. The lowest BCUT2D eigenvalue weighted by molar-refractivity contribution is -0.118. The maximum absolute atomic E-state index is 12.9. The molecule has 0 saturated carbocycles. The van der Waals surface area contributed by atoms with Crippen LogP contribution in [0.2, 0.25) is 0 Å². The third kappa shape index (κ3) is 3.96. The Morgan fingerprint density at radius 2 is 2.03 bits per heavy atom. The number of nitrogens with two attached hydrogens (primary N) is 1. The number of amides is 1. The molecule has 3 aromatic heterocycles. The number of furan rings is 1. The van der Waals surface area contributed by atoms with E-state index in [4.69, 9.17) is 10.2 Å². The second kappa shape index (κ2) is 8.22. The Morgan fingerprint density at radius 1 is 1.21 bits per heavy atom. The Kier molecular flexibility index (Phi) is 5.50. The first-order chi connectivity index (χ1) is 14.0. The second-order valence-corrected chi connectivity index (χ2v) is 8.41. The molecular formula is C20H18N4O3S2. The SMILES string of the molecule is Cc1c(C(=O)CSc2nnc(-c3ccco3)n2CCC(N)=O)sc2ccccc12. The van der Waals surface area contributed by atoms with Crippen molar-refractivity contribution < 1.29 is 14.0 Å². The molecule has 148 valence electrons. The average molecular weight is 427 g/mol. The second-order valence-electron chi connectivity index (χ2n) is 6.42. The molecule has 2 N–H and O–H groups in total. The quantitative estimate of drug-likeness (QED) is 0.338. The van der Waals surface area contributed by atoms with Crippen LogP contribution in [0.1, 0.15) is 21.7 Å². The van der Waals surface area contributed by atoms with E-state index in [0.29, 0.717) is 23.3 Å². The third-order valence-corrected chi connectivity index (χ3v) is 6.75. The smallest absolute Gasteiger partial charge is 0.219 e. The number of nitrogens with zero attached hydrogens (tertiary/aromatic N) is 3. The van der Waals surface area contributed by atoms with Crippen LogP contribution in [0.25, 0.3) is 21.7 Å². The minimum Gasteiger partial charge on any atom is -0.461 e. The van der Waals surface area contributed by atoms with Gasteiger partial charge in [-0.3, -0.25) is 14.2 Å². The van der Waals surface area contributed by atoms with Crippen LogP contribution in [-0.2, 0) is 11.3 Å². The van der Waals surface area contributed by atoms with Gasteiger partial charge in [-0.05, 0) is 36.1 Å². The summed E-state index contributed by atoms with van der Waals surface area (Å²) in [5.74, 6) is 0.889. The van der Waals surface area contributed by atoms with Crippen LogP contribution in [0.4, 0.5) is 0 Å². The number of fused-ring (bicyclic) bond motifs is 1. The molecule has 4 aromatic rings. The lowest BCUT2D eigenvalue weighted by atomic mass is 10.1. The largest absolute Gasteiger partial charge is 0.461 e. The lowest BCUT2D eigenvalue weighted by Crippen LogP contribution is -2.15. The molecule has 3 heterocycles. The molecule has 0 spiro atoms. The third-order valence-electron chi connectivity index (χ3n) is 4.47. The molecule has 4 rings (SSSR count). The molecular weight excluding hydrogens is 408 g/mol. The molecule has 9 heteroatoms. The highest BCUT2D eigenvalue weighted by molar-refractivity contribution is 7.99. The van der Waals surface area contributed by atoms with Gasteiger partial charge in [0.2, 0.25) is 5.91 Å². The van der Waals surface area contributed by atoms with Crippen LogP contribution in [0.15, 0.2) is 52.2 Å². The predicted octanol–water partition coefficient (Wildman–Crippen LogP) is 3.91. The summed E-state index contributed by atoms with van der Waals surface area (Å²) in [5, 5.41) is 10.0. The van der Waals surface area contributed by atoms with E-state index in [2.05, 4.69) is 10.2 Å². The van der Waals surface area contributed by atoms with E-state index >= 15 is 0 Å². The summed E-state index contributed by atoms with van der Waals surface area (Å²) in [6, 6.07) is 11.5. The molecule has 0 aliphatic heterocycles. The van der Waals surface area contributed by atoms with Gasteiger partial charge >= 0.3 is 0 Å². The van der Waals surface area contributed by atoms with Crippen LogP contribution in [0, 0.1) is 6.92 Å². The Morgan fingerprint density at radius 3 is 2.76 bits per heavy atom. The van der Waals surface area contributed by atoms with Gasteiger partial charge in [-0.25, -0.2) is 0 Å². The number of thioether (sulfide) groups is 1. The van der Waals surface area contributed by atoms with Crippen molar-refractivity contribution in [2.45, 2.75) is 25.0 Å². The highest BCUT2D eigenvalue weighted by Crippen LogP contribution is 2.32. The number of Topliss-reactive ketones (excluding diaryl/α,β-unsaturated/α-hetero) is 1. The Balaban J connectivity index is 1.56. The number of rotatable bonds is 8. The first-order valence-electron chi connectivity index (χ1n) is 8.94. The summed E-state index contributed by atoms with van der Waals surface area (Å²) in [5.41, 5.74) is 6.31. The molecule has 0 fully saturated rings. The molecule has 1 aromatic carbocycles. The van der Waals surface area contributed by atoms with Gasteiger partial charge in [0.1, 0.15) is 0 Å². The van der Waals surface area contributed by atoms with Crippen LogP contribution >= 0.6 is 23.1 Å². The molecule has 1 amide bonds. The number of hydrogen-bond donors (Lipinski definition) is 1. The zero-order valence-electron chi connectivity index (χ0n) is 15.6. The van der Waals surface area contributed by atoms with Gasteiger partial charge in [0, 0.05) is 17.7 Å². The van der Waals surface area contributed by atoms with Crippen molar-refractivity contribution in [1.29, 1.82) is 0 Å². The molecule has 29 heavy (non-hydrogen) atoms. The Bertz CT molecular complexity index is 1180.